The lowest BCUT2D eigenvalue weighted by molar-refractivity contribution is -0.448. The van der Waals surface area contributed by atoms with E-state index in [1.165, 1.54) is 0 Å². The Morgan fingerprint density at radius 2 is 1.50 bits per heavy atom. The van der Waals surface area contributed by atoms with Crippen molar-refractivity contribution in [1.82, 2.24) is 9.97 Å². The quantitative estimate of drug-likeness (QED) is 0.157. The highest BCUT2D eigenvalue weighted by atomic mass is 32.2. The number of anilines is 1. The molecule has 5 rings (SSSR count). The van der Waals surface area contributed by atoms with Crippen LogP contribution < -0.4 is 4.90 Å². The Hall–Kier alpha value is -3.53. The van der Waals surface area contributed by atoms with Gasteiger partial charge in [-0.05, 0) is 57.9 Å². The molecule has 3 unspecified atom stereocenters. The molecule has 1 saturated carbocycles. The van der Waals surface area contributed by atoms with E-state index in [4.69, 9.17) is 0 Å². The summed E-state index contributed by atoms with van der Waals surface area (Å²) in [5.74, 6) is -1.55. The number of aromatic nitrogens is 2. The van der Waals surface area contributed by atoms with Gasteiger partial charge in [-0.2, -0.15) is 21.4 Å². The molecule has 4 N–H and O–H groups in total. The van der Waals surface area contributed by atoms with Gasteiger partial charge >= 0.3 is 0 Å². The molecule has 2 aromatic rings. The molecule has 4 heterocycles. The molecule has 46 heavy (non-hydrogen) atoms. The molecule has 3 aliphatic rings. The summed E-state index contributed by atoms with van der Waals surface area (Å²) in [5, 5.41) is 20.9. The molecule has 0 aromatic carbocycles. The molecule has 3 atom stereocenters. The summed E-state index contributed by atoms with van der Waals surface area (Å²) >= 11 is 0. The molecule has 1 fully saturated rings. The highest BCUT2D eigenvalue weighted by Gasteiger charge is 2.55. The zero-order valence-electron chi connectivity index (χ0n) is 25.9. The minimum absolute atomic E-state index is 0.0135. The molecule has 1 aliphatic carbocycles. The lowest BCUT2D eigenvalue weighted by atomic mass is 9.84. The van der Waals surface area contributed by atoms with Crippen molar-refractivity contribution in [2.24, 2.45) is 0 Å². The summed E-state index contributed by atoms with van der Waals surface area (Å²) in [6.07, 6.45) is 13.7. The van der Waals surface area contributed by atoms with E-state index in [0.29, 0.717) is 0 Å². The van der Waals surface area contributed by atoms with Gasteiger partial charge in [0, 0.05) is 35.1 Å². The van der Waals surface area contributed by atoms with Crippen LogP contribution in [0, 0.1) is 0 Å². The van der Waals surface area contributed by atoms with Crippen LogP contribution in [0.1, 0.15) is 45.0 Å². The van der Waals surface area contributed by atoms with E-state index in [0.717, 1.165) is 52.6 Å². The third kappa shape index (κ3) is 6.92. The van der Waals surface area contributed by atoms with Gasteiger partial charge in [0.2, 0.25) is 5.69 Å². The van der Waals surface area contributed by atoms with E-state index in [-0.39, 0.29) is 13.1 Å². The molecule has 246 valence electrons. The zero-order valence-corrected chi connectivity index (χ0v) is 27.5. The fourth-order valence-electron chi connectivity index (χ4n) is 6.83. The maximum absolute atomic E-state index is 11.4. The van der Waals surface area contributed by atoms with Crippen LogP contribution in [0.3, 0.4) is 0 Å². The molecule has 0 saturated heterocycles. The molecule has 12 nitrogen and oxygen atoms in total. The smallest absolute Gasteiger partial charge is 0.267 e. The van der Waals surface area contributed by atoms with Crippen LogP contribution in [0.25, 0.3) is 0 Å². The maximum atomic E-state index is 11.4. The van der Waals surface area contributed by atoms with Gasteiger partial charge in [0.05, 0.1) is 24.0 Å². The van der Waals surface area contributed by atoms with Crippen LogP contribution in [-0.4, -0.2) is 93.2 Å². The van der Waals surface area contributed by atoms with E-state index >= 15 is 0 Å². The van der Waals surface area contributed by atoms with Gasteiger partial charge in [0.25, 0.3) is 20.2 Å². The summed E-state index contributed by atoms with van der Waals surface area (Å²) < 4.78 is 66.0. The SMILES string of the molecule is CC1(C)C(=CC=CC=CC=C2CCC3(C)C2=[N+](CC(O)CS(=O)(=O)O)c2cccnc23)N(CC(O)CS(=O)(=O)O)c2cccnc21. The van der Waals surface area contributed by atoms with Gasteiger partial charge in [-0.1, -0.05) is 30.4 Å². The first-order valence-electron chi connectivity index (χ1n) is 14.9. The van der Waals surface area contributed by atoms with Crippen molar-refractivity contribution in [2.45, 2.75) is 56.7 Å². The van der Waals surface area contributed by atoms with Gasteiger partial charge in [0.15, 0.2) is 12.3 Å². The van der Waals surface area contributed by atoms with Crippen molar-refractivity contribution in [1.29, 1.82) is 0 Å². The Morgan fingerprint density at radius 1 is 0.891 bits per heavy atom. The molecule has 2 aromatic heterocycles. The third-order valence-electron chi connectivity index (χ3n) is 8.67. The number of allylic oxidation sites excluding steroid dienone is 8. The fourth-order valence-corrected chi connectivity index (χ4v) is 8.01. The Bertz CT molecular complexity index is 1900. The summed E-state index contributed by atoms with van der Waals surface area (Å²) in [5.41, 5.74) is 5.04. The second-order valence-electron chi connectivity index (χ2n) is 12.6. The lowest BCUT2D eigenvalue weighted by Crippen LogP contribution is -2.36. The summed E-state index contributed by atoms with van der Waals surface area (Å²) in [6.45, 7) is 6.02. The molecule has 0 spiro atoms. The first-order valence-corrected chi connectivity index (χ1v) is 18.1. The van der Waals surface area contributed by atoms with Crippen LogP contribution >= 0.6 is 0 Å². The number of pyridine rings is 2. The van der Waals surface area contributed by atoms with Crippen LogP contribution in [-0.2, 0) is 31.1 Å². The van der Waals surface area contributed by atoms with Gasteiger partial charge in [0.1, 0.15) is 28.7 Å². The van der Waals surface area contributed by atoms with Crippen LogP contribution in [0.5, 0.6) is 0 Å². The number of aliphatic hydroxyl groups is 2. The molecule has 0 radical (unpaired) electrons. The average molecular weight is 672 g/mol. The number of hydrogen-bond donors (Lipinski definition) is 4. The Labute approximate surface area is 269 Å². The molecular weight excluding hydrogens is 633 g/mol. The van der Waals surface area contributed by atoms with Crippen molar-refractivity contribution >= 4 is 37.3 Å². The van der Waals surface area contributed by atoms with Crippen molar-refractivity contribution in [3.8, 4) is 0 Å². The number of rotatable bonds is 11. The number of nitrogens with zero attached hydrogens (tertiary/aromatic N) is 4. The third-order valence-corrected chi connectivity index (χ3v) is 10.3. The standard InChI is InChI=1S/C32H38N4O8S2/c1-31(2)27(35(18-23(37)20-45(39,40)41)25-11-8-16-33-28(25)31)13-7-5-4-6-10-22-14-15-32(3)29-26(12-9-17-34-29)36(30(22)32)19-24(38)21-46(42,43)44/h4-13,16-17,23-24,37-38H,14-15,18-21H2,1-3H3,(H-,39,40,41,42,43,44)/p+1. The Kier molecular flexibility index (Phi) is 9.25. The van der Waals surface area contributed by atoms with Gasteiger partial charge in [-0.3, -0.25) is 19.1 Å². The lowest BCUT2D eigenvalue weighted by Gasteiger charge is -2.28. The summed E-state index contributed by atoms with van der Waals surface area (Å²) in [7, 11) is -8.72. The first-order chi connectivity index (χ1) is 21.5. The molecule has 2 aliphatic heterocycles. The van der Waals surface area contributed by atoms with Gasteiger partial charge in [-0.25, -0.2) is 0 Å². The average Bonchev–Trinajstić information content (AvgIpc) is 3.48. The predicted molar refractivity (Wildman–Crippen MR) is 175 cm³/mol. The molecule has 14 heteroatoms. The van der Waals surface area contributed by atoms with E-state index < -0.39 is 54.8 Å². The molecule has 0 amide bonds. The van der Waals surface area contributed by atoms with E-state index in [9.17, 15) is 36.2 Å². The first kappa shape index (κ1) is 33.8. The number of aliphatic hydroxyl groups excluding tert-OH is 2. The normalized spacial score (nSPS) is 23.9. The Balaban J connectivity index is 1.40. The van der Waals surface area contributed by atoms with Crippen molar-refractivity contribution in [2.75, 3.05) is 29.5 Å². The van der Waals surface area contributed by atoms with Crippen molar-refractivity contribution in [3.63, 3.8) is 0 Å². The van der Waals surface area contributed by atoms with Crippen LogP contribution in [0.4, 0.5) is 11.4 Å². The highest BCUT2D eigenvalue weighted by Crippen LogP contribution is 2.49. The van der Waals surface area contributed by atoms with Crippen LogP contribution in [0.15, 0.2) is 84.4 Å². The summed E-state index contributed by atoms with van der Waals surface area (Å²) in [4.78, 5) is 11.0. The largest absolute Gasteiger partial charge is 0.390 e. The van der Waals surface area contributed by atoms with E-state index in [2.05, 4.69) is 16.9 Å². The summed E-state index contributed by atoms with van der Waals surface area (Å²) in [6, 6.07) is 7.32. The van der Waals surface area contributed by atoms with E-state index in [1.54, 1.807) is 24.5 Å². The molecule has 0 bridgehead atoms. The highest BCUT2D eigenvalue weighted by molar-refractivity contribution is 7.86. The minimum Gasteiger partial charge on any atom is -0.390 e. The number of β-amino-alcohol motifs (C(OH)–C–C–N with tert-alkyl or cyclic N) is 2. The topological polar surface area (TPSA) is 181 Å². The van der Waals surface area contributed by atoms with Gasteiger partial charge in [-0.15, -0.1) is 0 Å². The van der Waals surface area contributed by atoms with Gasteiger partial charge < -0.3 is 15.1 Å². The monoisotopic (exact) mass is 671 g/mol. The minimum atomic E-state index is -4.36. The van der Waals surface area contributed by atoms with Crippen LogP contribution in [0.2, 0.25) is 0 Å². The predicted octanol–water partition coefficient (Wildman–Crippen LogP) is 2.84. The molecular formula is C32H39N4O8S2+. The van der Waals surface area contributed by atoms with Crippen molar-refractivity contribution < 1.29 is 40.7 Å². The van der Waals surface area contributed by atoms with Crippen molar-refractivity contribution in [3.05, 3.63) is 95.8 Å². The second kappa shape index (κ2) is 12.6. The van der Waals surface area contributed by atoms with E-state index in [1.807, 2.05) is 71.9 Å². The number of hydrogen-bond acceptors (Lipinski definition) is 9. The Morgan fingerprint density at radius 3 is 2.17 bits per heavy atom. The number of fused-ring (bicyclic) bond motifs is 4. The second-order valence-corrected chi connectivity index (χ2v) is 15.6. The fraction of sp³-hybridized carbons (Fsp3) is 0.406. The zero-order chi connectivity index (χ0) is 33.5. The maximum Gasteiger partial charge on any atom is 0.267 e.